The third-order valence-electron chi connectivity index (χ3n) is 4.69. The number of benzene rings is 3. The number of carbonyl (C=O) groups excluding carboxylic acids is 1. The molecule has 0 aliphatic heterocycles. The normalized spacial score (nSPS) is 11.6. The van der Waals surface area contributed by atoms with Gasteiger partial charge in [0, 0.05) is 16.1 Å². The van der Waals surface area contributed by atoms with Gasteiger partial charge in [0.1, 0.15) is 11.1 Å². The summed E-state index contributed by atoms with van der Waals surface area (Å²) >= 11 is 6.14. The molecular formula is C24H19ClN2O2. The zero-order chi connectivity index (χ0) is 20.4. The average molecular weight is 403 g/mol. The van der Waals surface area contributed by atoms with Gasteiger partial charge in [0.15, 0.2) is 0 Å². The molecule has 0 atom stereocenters. The van der Waals surface area contributed by atoms with Crippen LogP contribution in [0.3, 0.4) is 0 Å². The SMILES string of the molecule is Cc1ccc(Cl)cc1N=c1oc2ccccc2cc1C(=O)Nc1ccccc1C. The van der Waals surface area contributed by atoms with E-state index in [4.69, 9.17) is 16.0 Å². The third-order valence-corrected chi connectivity index (χ3v) is 4.92. The summed E-state index contributed by atoms with van der Waals surface area (Å²) < 4.78 is 6.01. The molecule has 0 radical (unpaired) electrons. The number of amides is 1. The maximum absolute atomic E-state index is 13.1. The standard InChI is InChI=1S/C24H19ClN2O2/c1-15-7-3-5-9-20(15)26-23(28)19-13-17-8-4-6-10-22(17)29-24(19)27-21-14-18(25)12-11-16(21)2/h3-14H,1-2H3,(H,26,28). The molecule has 0 unspecified atom stereocenters. The van der Waals surface area contributed by atoms with E-state index in [0.29, 0.717) is 21.9 Å². The molecule has 1 aromatic heterocycles. The number of carbonyl (C=O) groups is 1. The first-order valence-corrected chi connectivity index (χ1v) is 9.60. The van der Waals surface area contributed by atoms with Crippen molar-refractivity contribution in [2.75, 3.05) is 5.32 Å². The lowest BCUT2D eigenvalue weighted by atomic mass is 10.1. The Balaban J connectivity index is 1.89. The lowest BCUT2D eigenvalue weighted by molar-refractivity contribution is 0.102. The molecule has 0 saturated carbocycles. The molecule has 0 saturated heterocycles. The summed E-state index contributed by atoms with van der Waals surface area (Å²) in [5, 5.41) is 4.35. The number of rotatable bonds is 3. The minimum absolute atomic E-state index is 0.236. The number of nitrogens with one attached hydrogen (secondary N) is 1. The maximum atomic E-state index is 13.1. The Bertz CT molecular complexity index is 1290. The van der Waals surface area contributed by atoms with Crippen molar-refractivity contribution >= 4 is 39.9 Å². The van der Waals surface area contributed by atoms with Crippen LogP contribution >= 0.6 is 11.6 Å². The Morgan fingerprint density at radius 1 is 0.931 bits per heavy atom. The van der Waals surface area contributed by atoms with Gasteiger partial charge in [-0.3, -0.25) is 4.79 Å². The smallest absolute Gasteiger partial charge is 0.261 e. The summed E-state index contributed by atoms with van der Waals surface area (Å²) in [6.07, 6.45) is 0. The number of para-hydroxylation sites is 2. The summed E-state index contributed by atoms with van der Waals surface area (Å²) in [6.45, 7) is 3.88. The Hall–Kier alpha value is -3.37. The van der Waals surface area contributed by atoms with Crippen LogP contribution in [0.5, 0.6) is 0 Å². The minimum atomic E-state index is -0.285. The van der Waals surface area contributed by atoms with Crippen LogP contribution in [-0.2, 0) is 0 Å². The van der Waals surface area contributed by atoms with Gasteiger partial charge in [-0.25, -0.2) is 4.99 Å². The highest BCUT2D eigenvalue weighted by atomic mass is 35.5. The highest BCUT2D eigenvalue weighted by molar-refractivity contribution is 6.30. The Morgan fingerprint density at radius 2 is 1.69 bits per heavy atom. The number of anilines is 1. The molecular weight excluding hydrogens is 384 g/mol. The van der Waals surface area contributed by atoms with E-state index in [2.05, 4.69) is 10.3 Å². The molecule has 1 heterocycles. The fourth-order valence-electron chi connectivity index (χ4n) is 3.03. The minimum Gasteiger partial charge on any atom is -0.438 e. The van der Waals surface area contributed by atoms with Gasteiger partial charge >= 0.3 is 0 Å². The van der Waals surface area contributed by atoms with Crippen molar-refractivity contribution in [1.82, 2.24) is 0 Å². The Morgan fingerprint density at radius 3 is 2.52 bits per heavy atom. The van der Waals surface area contributed by atoms with Crippen molar-refractivity contribution in [3.05, 3.63) is 100 Å². The average Bonchev–Trinajstić information content (AvgIpc) is 2.72. The van der Waals surface area contributed by atoms with Crippen molar-refractivity contribution in [3.8, 4) is 0 Å². The fourth-order valence-corrected chi connectivity index (χ4v) is 3.20. The van der Waals surface area contributed by atoms with Crippen molar-refractivity contribution in [3.63, 3.8) is 0 Å². The van der Waals surface area contributed by atoms with E-state index >= 15 is 0 Å². The van der Waals surface area contributed by atoms with Crippen molar-refractivity contribution in [1.29, 1.82) is 0 Å². The molecule has 1 amide bonds. The molecule has 4 aromatic rings. The van der Waals surface area contributed by atoms with E-state index in [1.807, 2.05) is 68.4 Å². The lowest BCUT2D eigenvalue weighted by Gasteiger charge is -2.09. The molecule has 4 rings (SSSR count). The van der Waals surface area contributed by atoms with Gasteiger partial charge in [-0.2, -0.15) is 0 Å². The topological polar surface area (TPSA) is 54.6 Å². The van der Waals surface area contributed by atoms with Crippen molar-refractivity contribution in [2.45, 2.75) is 13.8 Å². The molecule has 0 aliphatic rings. The third kappa shape index (κ3) is 4.08. The van der Waals surface area contributed by atoms with E-state index < -0.39 is 0 Å². The first-order chi connectivity index (χ1) is 14.0. The molecule has 144 valence electrons. The van der Waals surface area contributed by atoms with Gasteiger partial charge in [0.2, 0.25) is 5.55 Å². The largest absolute Gasteiger partial charge is 0.438 e. The Labute approximate surface area is 173 Å². The van der Waals surface area contributed by atoms with E-state index in [-0.39, 0.29) is 11.5 Å². The van der Waals surface area contributed by atoms with Crippen LogP contribution in [0, 0.1) is 13.8 Å². The van der Waals surface area contributed by atoms with E-state index in [0.717, 1.165) is 22.2 Å². The molecule has 0 spiro atoms. The second kappa shape index (κ2) is 7.94. The zero-order valence-corrected chi connectivity index (χ0v) is 16.8. The molecule has 1 N–H and O–H groups in total. The van der Waals surface area contributed by atoms with Gasteiger partial charge in [-0.05, 0) is 55.3 Å². The number of halogens is 1. The highest BCUT2D eigenvalue weighted by Crippen LogP contribution is 2.23. The van der Waals surface area contributed by atoms with Crippen LogP contribution in [0.4, 0.5) is 11.4 Å². The van der Waals surface area contributed by atoms with Gasteiger partial charge in [-0.1, -0.05) is 54.1 Å². The molecule has 3 aromatic carbocycles. The predicted octanol–water partition coefficient (Wildman–Crippen LogP) is 6.19. The molecule has 0 aliphatic carbocycles. The number of fused-ring (bicyclic) bond motifs is 1. The van der Waals surface area contributed by atoms with Crippen LogP contribution in [0.2, 0.25) is 5.02 Å². The van der Waals surface area contributed by atoms with E-state index in [1.54, 1.807) is 18.2 Å². The van der Waals surface area contributed by atoms with Gasteiger partial charge < -0.3 is 9.73 Å². The summed E-state index contributed by atoms with van der Waals surface area (Å²) in [6, 6.07) is 22.4. The molecule has 0 bridgehead atoms. The molecule has 29 heavy (non-hydrogen) atoms. The second-order valence-corrected chi connectivity index (χ2v) is 7.25. The summed E-state index contributed by atoms with van der Waals surface area (Å²) in [5.74, 6) is -0.285. The van der Waals surface area contributed by atoms with Gasteiger partial charge in [-0.15, -0.1) is 0 Å². The number of hydrogen-bond acceptors (Lipinski definition) is 3. The summed E-state index contributed by atoms with van der Waals surface area (Å²) in [7, 11) is 0. The van der Waals surface area contributed by atoms with Crippen molar-refractivity contribution < 1.29 is 9.21 Å². The van der Waals surface area contributed by atoms with E-state index in [1.165, 1.54) is 0 Å². The van der Waals surface area contributed by atoms with Crippen LogP contribution in [0.1, 0.15) is 21.5 Å². The first-order valence-electron chi connectivity index (χ1n) is 9.22. The molecule has 5 heteroatoms. The van der Waals surface area contributed by atoms with Gasteiger partial charge in [0.05, 0.1) is 5.69 Å². The monoisotopic (exact) mass is 402 g/mol. The summed E-state index contributed by atoms with van der Waals surface area (Å²) in [4.78, 5) is 17.7. The molecule has 4 nitrogen and oxygen atoms in total. The lowest BCUT2D eigenvalue weighted by Crippen LogP contribution is -2.22. The van der Waals surface area contributed by atoms with Crippen LogP contribution in [-0.4, -0.2) is 5.91 Å². The van der Waals surface area contributed by atoms with Crippen LogP contribution in [0.25, 0.3) is 11.0 Å². The van der Waals surface area contributed by atoms with Crippen molar-refractivity contribution in [2.24, 2.45) is 4.99 Å². The van der Waals surface area contributed by atoms with Crippen LogP contribution in [0.15, 0.2) is 82.2 Å². The zero-order valence-electron chi connectivity index (χ0n) is 16.1. The quantitative estimate of drug-likeness (QED) is 0.444. The summed E-state index contributed by atoms with van der Waals surface area (Å²) in [5.41, 5.74) is 4.55. The van der Waals surface area contributed by atoms with Gasteiger partial charge in [0.25, 0.3) is 5.91 Å². The second-order valence-electron chi connectivity index (χ2n) is 6.81. The highest BCUT2D eigenvalue weighted by Gasteiger charge is 2.14. The number of nitrogens with zero attached hydrogens (tertiary/aromatic N) is 1. The number of aryl methyl sites for hydroxylation is 2. The van der Waals surface area contributed by atoms with Crippen LogP contribution < -0.4 is 10.9 Å². The molecule has 0 fully saturated rings. The predicted molar refractivity (Wildman–Crippen MR) is 117 cm³/mol. The number of hydrogen-bond donors (Lipinski definition) is 1. The van der Waals surface area contributed by atoms with E-state index in [9.17, 15) is 4.79 Å². The fraction of sp³-hybridized carbons (Fsp3) is 0.0833. The first kappa shape index (κ1) is 19.0. The maximum Gasteiger partial charge on any atom is 0.261 e. The Kier molecular flexibility index (Phi) is 5.19.